The molecule has 100 valence electrons. The van der Waals surface area contributed by atoms with E-state index in [2.05, 4.69) is 32.9 Å². The monoisotopic (exact) mass is 250 g/mol. The molecule has 18 heavy (non-hydrogen) atoms. The summed E-state index contributed by atoms with van der Waals surface area (Å²) in [7, 11) is 0. The Morgan fingerprint density at radius 3 is 2.39 bits per heavy atom. The number of hydrogen-bond donors (Lipinski definition) is 2. The molecule has 0 amide bonds. The summed E-state index contributed by atoms with van der Waals surface area (Å²) in [5.41, 5.74) is 3.63. The molecule has 3 nitrogen and oxygen atoms in total. The van der Waals surface area contributed by atoms with E-state index in [1.807, 2.05) is 13.0 Å². The van der Waals surface area contributed by atoms with Crippen LogP contribution in [0.25, 0.3) is 0 Å². The van der Waals surface area contributed by atoms with Gasteiger partial charge in [0.1, 0.15) is 0 Å². The van der Waals surface area contributed by atoms with E-state index in [0.29, 0.717) is 6.42 Å². The van der Waals surface area contributed by atoms with Crippen molar-refractivity contribution in [2.45, 2.75) is 52.1 Å². The Morgan fingerprint density at radius 2 is 1.94 bits per heavy atom. The number of aryl methyl sites for hydroxylation is 2. The van der Waals surface area contributed by atoms with Crippen LogP contribution in [-0.2, 0) is 16.6 Å². The highest BCUT2D eigenvalue weighted by molar-refractivity contribution is 5.71. The second kappa shape index (κ2) is 5.53. The van der Waals surface area contributed by atoms with E-state index in [1.54, 1.807) is 0 Å². The number of aliphatic hydroxyl groups is 1. The molecular formula is C15H22O3. The molecule has 2 N–H and O–H groups in total. The van der Waals surface area contributed by atoms with Gasteiger partial charge in [0.05, 0.1) is 0 Å². The van der Waals surface area contributed by atoms with Crippen LogP contribution in [-0.4, -0.2) is 22.3 Å². The molecule has 1 aromatic rings. The van der Waals surface area contributed by atoms with Gasteiger partial charge in [-0.25, -0.2) is 4.79 Å². The minimum Gasteiger partial charge on any atom is -0.479 e. The summed E-state index contributed by atoms with van der Waals surface area (Å²) in [5.74, 6) is -1.15. The van der Waals surface area contributed by atoms with E-state index < -0.39 is 12.1 Å². The van der Waals surface area contributed by atoms with Crippen molar-refractivity contribution in [1.29, 1.82) is 0 Å². The Balaban J connectivity index is 2.78. The zero-order valence-electron chi connectivity index (χ0n) is 11.5. The number of carboxylic acids is 1. The van der Waals surface area contributed by atoms with E-state index in [0.717, 1.165) is 11.1 Å². The summed E-state index contributed by atoms with van der Waals surface area (Å²) in [4.78, 5) is 10.5. The van der Waals surface area contributed by atoms with Gasteiger partial charge in [0.2, 0.25) is 0 Å². The average Bonchev–Trinajstić information content (AvgIpc) is 2.25. The van der Waals surface area contributed by atoms with Gasteiger partial charge in [-0.15, -0.1) is 0 Å². The highest BCUT2D eigenvalue weighted by Gasteiger charge is 2.16. The van der Waals surface area contributed by atoms with Crippen LogP contribution in [0.2, 0.25) is 0 Å². The van der Waals surface area contributed by atoms with Crippen molar-refractivity contribution in [2.75, 3.05) is 0 Å². The fourth-order valence-electron chi connectivity index (χ4n) is 1.86. The lowest BCUT2D eigenvalue weighted by molar-refractivity contribution is -0.146. The second-order valence-corrected chi connectivity index (χ2v) is 5.78. The Morgan fingerprint density at radius 1 is 1.33 bits per heavy atom. The first-order chi connectivity index (χ1) is 8.21. The summed E-state index contributed by atoms with van der Waals surface area (Å²) in [6.07, 6.45) is -0.430. The van der Waals surface area contributed by atoms with Gasteiger partial charge in [0.15, 0.2) is 6.10 Å². The predicted molar refractivity (Wildman–Crippen MR) is 71.8 cm³/mol. The highest BCUT2D eigenvalue weighted by atomic mass is 16.4. The third-order valence-electron chi connectivity index (χ3n) is 3.18. The van der Waals surface area contributed by atoms with Crippen molar-refractivity contribution in [2.24, 2.45) is 0 Å². The first-order valence-corrected chi connectivity index (χ1v) is 6.22. The van der Waals surface area contributed by atoms with Crippen LogP contribution in [0.15, 0.2) is 18.2 Å². The minimum atomic E-state index is -1.27. The van der Waals surface area contributed by atoms with E-state index in [1.165, 1.54) is 5.56 Å². The Hall–Kier alpha value is -1.35. The van der Waals surface area contributed by atoms with Crippen LogP contribution in [0.3, 0.4) is 0 Å². The van der Waals surface area contributed by atoms with Gasteiger partial charge < -0.3 is 10.2 Å². The lowest BCUT2D eigenvalue weighted by Gasteiger charge is -2.20. The Labute approximate surface area is 108 Å². The molecule has 0 aliphatic heterocycles. The summed E-state index contributed by atoms with van der Waals surface area (Å²) >= 11 is 0. The van der Waals surface area contributed by atoms with E-state index in [4.69, 9.17) is 5.11 Å². The van der Waals surface area contributed by atoms with Gasteiger partial charge in [-0.3, -0.25) is 0 Å². The molecule has 0 fully saturated rings. The van der Waals surface area contributed by atoms with Crippen molar-refractivity contribution in [3.05, 3.63) is 34.9 Å². The van der Waals surface area contributed by atoms with Crippen LogP contribution in [0, 0.1) is 6.92 Å². The van der Waals surface area contributed by atoms with Gasteiger partial charge in [0.25, 0.3) is 0 Å². The van der Waals surface area contributed by atoms with Gasteiger partial charge in [0, 0.05) is 0 Å². The number of aliphatic hydroxyl groups excluding tert-OH is 1. The lowest BCUT2D eigenvalue weighted by Crippen LogP contribution is -2.20. The van der Waals surface area contributed by atoms with Crippen LogP contribution in [0.4, 0.5) is 0 Å². The third-order valence-corrected chi connectivity index (χ3v) is 3.18. The molecule has 1 rings (SSSR count). The van der Waals surface area contributed by atoms with Gasteiger partial charge in [-0.05, 0) is 41.9 Å². The predicted octanol–water partition coefficient (Wildman–Crippen LogP) is 2.67. The Kier molecular flexibility index (Phi) is 4.52. The molecule has 0 aromatic heterocycles. The van der Waals surface area contributed by atoms with Gasteiger partial charge in [-0.1, -0.05) is 39.0 Å². The largest absolute Gasteiger partial charge is 0.479 e. The second-order valence-electron chi connectivity index (χ2n) is 5.78. The van der Waals surface area contributed by atoms with Crippen LogP contribution >= 0.6 is 0 Å². The normalized spacial score (nSPS) is 13.4. The van der Waals surface area contributed by atoms with Crippen molar-refractivity contribution >= 4 is 5.97 Å². The summed E-state index contributed by atoms with van der Waals surface area (Å²) < 4.78 is 0. The topological polar surface area (TPSA) is 57.5 Å². The molecule has 1 aromatic carbocycles. The molecule has 0 saturated carbocycles. The first-order valence-electron chi connectivity index (χ1n) is 6.22. The Bertz CT molecular complexity index is 430. The molecule has 1 unspecified atom stereocenters. The zero-order valence-corrected chi connectivity index (χ0v) is 11.5. The molecular weight excluding hydrogens is 228 g/mol. The third kappa shape index (κ3) is 3.84. The minimum absolute atomic E-state index is 0.115. The SMILES string of the molecule is Cc1cc(C(C)(C)C)ccc1CCC(O)C(=O)O. The van der Waals surface area contributed by atoms with Gasteiger partial charge in [-0.2, -0.15) is 0 Å². The van der Waals surface area contributed by atoms with E-state index in [-0.39, 0.29) is 11.8 Å². The maximum atomic E-state index is 10.5. The zero-order chi connectivity index (χ0) is 13.9. The molecule has 0 radical (unpaired) electrons. The fraction of sp³-hybridized carbons (Fsp3) is 0.533. The summed E-state index contributed by atoms with van der Waals surface area (Å²) in [6, 6.07) is 6.25. The van der Waals surface area contributed by atoms with Crippen LogP contribution in [0.5, 0.6) is 0 Å². The average molecular weight is 250 g/mol. The van der Waals surface area contributed by atoms with Gasteiger partial charge >= 0.3 is 5.97 Å². The number of carbonyl (C=O) groups is 1. The molecule has 3 heteroatoms. The number of hydrogen-bond acceptors (Lipinski definition) is 2. The maximum absolute atomic E-state index is 10.5. The molecule has 1 atom stereocenters. The number of rotatable bonds is 4. The van der Waals surface area contributed by atoms with Crippen molar-refractivity contribution in [3.63, 3.8) is 0 Å². The number of aliphatic carboxylic acids is 1. The lowest BCUT2D eigenvalue weighted by atomic mass is 9.85. The summed E-state index contributed by atoms with van der Waals surface area (Å²) in [5, 5.41) is 17.9. The quantitative estimate of drug-likeness (QED) is 0.863. The maximum Gasteiger partial charge on any atom is 0.332 e. The number of carboxylic acid groups (broad SMARTS) is 1. The van der Waals surface area contributed by atoms with Crippen molar-refractivity contribution in [1.82, 2.24) is 0 Å². The molecule has 0 heterocycles. The molecule has 0 spiro atoms. The first kappa shape index (κ1) is 14.7. The molecule has 0 saturated heterocycles. The van der Waals surface area contributed by atoms with Crippen molar-refractivity contribution < 1.29 is 15.0 Å². The molecule has 0 aliphatic rings. The molecule has 0 bridgehead atoms. The van der Waals surface area contributed by atoms with Crippen LogP contribution < -0.4 is 0 Å². The standard InChI is InChI=1S/C15H22O3/c1-10-9-12(15(2,3)4)7-5-11(10)6-8-13(16)14(17)18/h5,7,9,13,16H,6,8H2,1-4H3,(H,17,18). The van der Waals surface area contributed by atoms with E-state index >= 15 is 0 Å². The van der Waals surface area contributed by atoms with Crippen molar-refractivity contribution in [3.8, 4) is 0 Å². The fourth-order valence-corrected chi connectivity index (χ4v) is 1.86. The highest BCUT2D eigenvalue weighted by Crippen LogP contribution is 2.24. The smallest absolute Gasteiger partial charge is 0.332 e. The summed E-state index contributed by atoms with van der Waals surface area (Å²) in [6.45, 7) is 8.51. The number of benzene rings is 1. The van der Waals surface area contributed by atoms with E-state index in [9.17, 15) is 9.90 Å². The van der Waals surface area contributed by atoms with Crippen LogP contribution in [0.1, 0.15) is 43.9 Å². The molecule has 0 aliphatic carbocycles.